The second kappa shape index (κ2) is 32.7. The van der Waals surface area contributed by atoms with Gasteiger partial charge < -0.3 is 63.1 Å². The number of allylic oxidation sites excluding steroid dienone is 4. The van der Waals surface area contributed by atoms with Gasteiger partial charge in [0.2, 0.25) is 0 Å². The van der Waals surface area contributed by atoms with Crippen molar-refractivity contribution in [3.8, 4) is 0 Å². The molecule has 6 aliphatic rings. The molecule has 4 N–H and O–H groups in total. The minimum Gasteiger partial charge on any atom is -0.392 e. The number of unbranched alkanes of at least 4 members (excludes halogenated alkanes) is 2. The summed E-state index contributed by atoms with van der Waals surface area (Å²) >= 11 is 0. The van der Waals surface area contributed by atoms with E-state index < -0.39 is 23.1 Å². The molecular formula is C62H104O13. The molecule has 0 radical (unpaired) electrons. The molecule has 1 saturated heterocycles. The Morgan fingerprint density at radius 2 is 0.867 bits per heavy atom. The van der Waals surface area contributed by atoms with Crippen LogP contribution in [-0.4, -0.2) is 130 Å². The lowest BCUT2D eigenvalue weighted by molar-refractivity contribution is -0.211. The van der Waals surface area contributed by atoms with Gasteiger partial charge in [0.05, 0.1) is 65.1 Å². The minimum absolute atomic E-state index is 0.00276. The largest absolute Gasteiger partial charge is 0.392 e. The quantitative estimate of drug-likeness (QED) is 0.0416. The zero-order valence-corrected chi connectivity index (χ0v) is 48.9. The Morgan fingerprint density at radius 3 is 1.25 bits per heavy atom. The van der Waals surface area contributed by atoms with Crippen LogP contribution in [0, 0.1) is 11.8 Å². The van der Waals surface area contributed by atoms with E-state index in [1.165, 1.54) is 72.8 Å². The lowest BCUT2D eigenvalue weighted by Crippen LogP contribution is -2.38. The Kier molecular flexibility index (Phi) is 28.4. The number of hydrogen-bond donors (Lipinski definition) is 4. The maximum Gasteiger partial charge on any atom is 0.193 e. The molecule has 0 aromatic heterocycles. The van der Waals surface area contributed by atoms with Crippen LogP contribution in [0.25, 0.3) is 0 Å². The zero-order chi connectivity index (χ0) is 55.1. The van der Waals surface area contributed by atoms with Crippen LogP contribution in [0.1, 0.15) is 189 Å². The van der Waals surface area contributed by atoms with Crippen molar-refractivity contribution < 1.29 is 63.1 Å². The molecule has 1 aliphatic heterocycles. The average molecular weight is 1060 g/mol. The van der Waals surface area contributed by atoms with E-state index in [9.17, 15) is 20.4 Å². The second-order valence-corrected chi connectivity index (χ2v) is 21.8. The van der Waals surface area contributed by atoms with Gasteiger partial charge in [0, 0.05) is 76.4 Å². The fourth-order valence-corrected chi connectivity index (χ4v) is 11.9. The van der Waals surface area contributed by atoms with Crippen LogP contribution in [0.5, 0.6) is 0 Å². The molecule has 2 fully saturated rings. The molecule has 1 aromatic rings. The number of aliphatic hydroxyl groups is 4. The van der Waals surface area contributed by atoms with Gasteiger partial charge in [0.15, 0.2) is 23.1 Å². The first-order valence-electron chi connectivity index (χ1n) is 28.8. The summed E-state index contributed by atoms with van der Waals surface area (Å²) in [5, 5.41) is 38.1. The molecule has 430 valence electrons. The van der Waals surface area contributed by atoms with Crippen molar-refractivity contribution in [1.29, 1.82) is 0 Å². The van der Waals surface area contributed by atoms with Gasteiger partial charge in [-0.3, -0.25) is 0 Å². The summed E-state index contributed by atoms with van der Waals surface area (Å²) in [6, 6.07) is 8.43. The highest BCUT2D eigenvalue weighted by Gasteiger charge is 2.44. The summed E-state index contributed by atoms with van der Waals surface area (Å²) in [7, 11) is 6.66. The maximum atomic E-state index is 9.59. The van der Waals surface area contributed by atoms with E-state index >= 15 is 0 Å². The molecule has 5 aliphatic carbocycles. The number of benzene rings is 1. The van der Waals surface area contributed by atoms with E-state index in [1.807, 2.05) is 20.8 Å². The van der Waals surface area contributed by atoms with E-state index in [0.717, 1.165) is 124 Å². The van der Waals surface area contributed by atoms with Crippen LogP contribution in [0.2, 0.25) is 0 Å². The summed E-state index contributed by atoms with van der Waals surface area (Å²) in [4.78, 5) is 0. The number of hydrogen-bond acceptors (Lipinski definition) is 13. The third-order valence-corrected chi connectivity index (χ3v) is 17.4. The summed E-state index contributed by atoms with van der Waals surface area (Å²) in [6.07, 6.45) is 21.8. The molecule has 1 aromatic carbocycles. The predicted octanol–water partition coefficient (Wildman–Crippen LogP) is 11.9. The highest BCUT2D eigenvalue weighted by Crippen LogP contribution is 2.43. The van der Waals surface area contributed by atoms with Gasteiger partial charge in [0.25, 0.3) is 0 Å². The van der Waals surface area contributed by atoms with Crippen molar-refractivity contribution in [1.82, 2.24) is 0 Å². The molecule has 1 saturated carbocycles. The number of aliphatic hydroxyl groups excluding tert-OH is 4. The van der Waals surface area contributed by atoms with E-state index in [0.29, 0.717) is 31.8 Å². The van der Waals surface area contributed by atoms with Crippen molar-refractivity contribution >= 4 is 0 Å². The smallest absolute Gasteiger partial charge is 0.193 e. The van der Waals surface area contributed by atoms with Crippen LogP contribution < -0.4 is 0 Å². The van der Waals surface area contributed by atoms with E-state index in [4.69, 9.17) is 42.6 Å². The van der Waals surface area contributed by atoms with Crippen LogP contribution in [0.4, 0.5) is 0 Å². The number of methoxy groups -OCH3 is 4. The van der Waals surface area contributed by atoms with Crippen LogP contribution >= 0.6 is 0 Å². The first-order chi connectivity index (χ1) is 36.1. The Morgan fingerprint density at radius 1 is 0.467 bits per heavy atom. The van der Waals surface area contributed by atoms with Crippen molar-refractivity contribution in [2.75, 3.05) is 74.7 Å². The van der Waals surface area contributed by atoms with Crippen molar-refractivity contribution in [2.24, 2.45) is 11.8 Å². The van der Waals surface area contributed by atoms with Gasteiger partial charge in [-0.1, -0.05) is 106 Å². The number of aryl methyl sites for hydroxylation is 1. The predicted molar refractivity (Wildman–Crippen MR) is 297 cm³/mol. The molecule has 1 heterocycles. The Balaban J connectivity index is 0.000000217. The minimum atomic E-state index is -0.748. The zero-order valence-electron chi connectivity index (χ0n) is 48.9. The van der Waals surface area contributed by atoms with Gasteiger partial charge >= 0.3 is 0 Å². The van der Waals surface area contributed by atoms with Crippen LogP contribution in [-0.2, 0) is 55.7 Å². The summed E-state index contributed by atoms with van der Waals surface area (Å²) in [5.41, 5.74) is 10.9. The monoisotopic (exact) mass is 1060 g/mol. The van der Waals surface area contributed by atoms with Crippen molar-refractivity contribution in [3.05, 3.63) is 80.0 Å². The highest BCUT2D eigenvalue weighted by molar-refractivity contribution is 5.30. The molecule has 0 bridgehead atoms. The average Bonchev–Trinajstić information content (AvgIpc) is 4.27. The highest BCUT2D eigenvalue weighted by atomic mass is 16.7. The molecule has 6 atom stereocenters. The number of ether oxygens (including phenoxy) is 9. The fraction of sp³-hybridized carbons (Fsp3) is 0.774. The van der Waals surface area contributed by atoms with Crippen LogP contribution in [0.3, 0.4) is 0 Å². The third-order valence-electron chi connectivity index (χ3n) is 17.4. The fourth-order valence-electron chi connectivity index (χ4n) is 11.9. The lowest BCUT2D eigenvalue weighted by atomic mass is 9.81. The van der Waals surface area contributed by atoms with Crippen molar-refractivity contribution in [3.63, 3.8) is 0 Å². The van der Waals surface area contributed by atoms with Gasteiger partial charge in [-0.15, -0.1) is 0 Å². The Labute approximate surface area is 453 Å². The number of rotatable bonds is 25. The second-order valence-electron chi connectivity index (χ2n) is 21.8. The van der Waals surface area contributed by atoms with Crippen LogP contribution in [0.15, 0.2) is 68.9 Å². The topological polar surface area (TPSA) is 164 Å². The molecule has 13 nitrogen and oxygen atoms in total. The molecule has 0 spiro atoms. The van der Waals surface area contributed by atoms with E-state index in [-0.39, 0.29) is 32.5 Å². The summed E-state index contributed by atoms with van der Waals surface area (Å²) in [5.74, 6) is -1.20. The molecule has 75 heavy (non-hydrogen) atoms. The van der Waals surface area contributed by atoms with Gasteiger partial charge in [0.1, 0.15) is 0 Å². The Hall–Kier alpha value is -2.34. The summed E-state index contributed by atoms with van der Waals surface area (Å²) in [6.45, 7) is 19.5. The third kappa shape index (κ3) is 17.3. The Bertz CT molecular complexity index is 1950. The van der Waals surface area contributed by atoms with E-state index in [1.54, 1.807) is 28.4 Å². The van der Waals surface area contributed by atoms with Gasteiger partial charge in [-0.25, -0.2) is 0 Å². The first-order valence-corrected chi connectivity index (χ1v) is 28.8. The lowest BCUT2D eigenvalue weighted by Gasteiger charge is -2.34. The first kappa shape index (κ1) is 65.2. The molecule has 13 heteroatoms. The summed E-state index contributed by atoms with van der Waals surface area (Å²) < 4.78 is 52.4. The maximum absolute atomic E-state index is 9.59. The van der Waals surface area contributed by atoms with Crippen molar-refractivity contribution in [2.45, 2.75) is 226 Å². The molecule has 7 rings (SSSR count). The molecule has 6 unspecified atom stereocenters. The standard InChI is InChI=1S/C17H30O3.C17H24O3.C15H26O4.C13H24O3/c2*1-4-14-5-7-15(8-6-14)12-20-17(19-3)10-9-13(2)16(17)11-18;1-4-12-5-6-13(19-12)10-18-15(17-3)8-7-11(2)14(15)9-16;1-4-5-6-9-16-13(15-3)8-7-11(2)12(13)10-14/h14-15,18H,4-12H2,1-3H3;5-8,18H,4,9-12H2,1-3H3;12-13,16H,4-10H2,1-3H3;14H,4-10H2,1-3H3. The molecular weight excluding hydrogens is 953 g/mol. The van der Waals surface area contributed by atoms with Gasteiger partial charge in [-0.2, -0.15) is 0 Å². The molecule has 0 amide bonds. The SMILES string of the molecule is CCC1CCC(COC2(OC)CCC(C)=C2CO)CC1.CCC1CCC(COC2(OC)CCC(C)=C2CO)O1.CCCCCOC1(OC)CCC(C)=C1CO.CCc1ccc(COC2(OC)CCC(C)=C2CO)cc1. The normalized spacial score (nSPS) is 29.7. The van der Waals surface area contributed by atoms with E-state index in [2.05, 4.69) is 58.9 Å². The van der Waals surface area contributed by atoms with Gasteiger partial charge in [-0.05, 0) is 121 Å².